The number of rotatable bonds is 3. The summed E-state index contributed by atoms with van der Waals surface area (Å²) in [4.78, 5) is 0. The molecule has 0 spiro atoms. The quantitative estimate of drug-likeness (QED) is 0.816. The molecular formula is C9H13BrN2O. The fourth-order valence-electron chi connectivity index (χ4n) is 1.85. The van der Waals surface area contributed by atoms with Crippen molar-refractivity contribution in [3.8, 4) is 0 Å². The molecule has 0 N–H and O–H groups in total. The second-order valence-corrected chi connectivity index (χ2v) is 4.53. The summed E-state index contributed by atoms with van der Waals surface area (Å²) >= 11 is 3.40. The van der Waals surface area contributed by atoms with E-state index in [2.05, 4.69) is 21.0 Å². The van der Waals surface area contributed by atoms with Crippen LogP contribution in [-0.2, 0) is 10.3 Å². The standard InChI is InChI=1S/C9H13BrN2O/c1-13-7-9(3-2-4-9)12-6-8(10)5-11-12/h5-6H,2-4,7H2,1H3. The molecule has 13 heavy (non-hydrogen) atoms. The van der Waals surface area contributed by atoms with E-state index in [1.165, 1.54) is 19.3 Å². The molecule has 0 amide bonds. The van der Waals surface area contributed by atoms with Gasteiger partial charge >= 0.3 is 0 Å². The average Bonchev–Trinajstić information content (AvgIpc) is 2.44. The number of hydrogen-bond acceptors (Lipinski definition) is 2. The molecule has 0 bridgehead atoms. The van der Waals surface area contributed by atoms with Gasteiger partial charge in [-0.1, -0.05) is 0 Å². The first kappa shape index (κ1) is 9.21. The minimum atomic E-state index is 0.140. The lowest BCUT2D eigenvalue weighted by atomic mass is 9.77. The van der Waals surface area contributed by atoms with Crippen molar-refractivity contribution in [2.45, 2.75) is 24.8 Å². The van der Waals surface area contributed by atoms with Gasteiger partial charge in [-0.3, -0.25) is 4.68 Å². The Labute approximate surface area is 86.2 Å². The second-order valence-electron chi connectivity index (χ2n) is 3.61. The molecule has 2 rings (SSSR count). The van der Waals surface area contributed by atoms with Gasteiger partial charge in [-0.25, -0.2) is 0 Å². The smallest absolute Gasteiger partial charge is 0.0860 e. The predicted molar refractivity (Wildman–Crippen MR) is 53.6 cm³/mol. The third-order valence-corrected chi connectivity index (χ3v) is 3.14. The van der Waals surface area contributed by atoms with Crippen molar-refractivity contribution in [3.63, 3.8) is 0 Å². The van der Waals surface area contributed by atoms with Crippen LogP contribution in [0.2, 0.25) is 0 Å². The molecule has 0 unspecified atom stereocenters. The Hall–Kier alpha value is -0.350. The number of halogens is 1. The average molecular weight is 245 g/mol. The molecule has 1 aliphatic carbocycles. The maximum atomic E-state index is 5.24. The molecule has 1 aliphatic rings. The summed E-state index contributed by atoms with van der Waals surface area (Å²) in [6, 6.07) is 0. The normalized spacial score (nSPS) is 19.8. The molecule has 0 aliphatic heterocycles. The van der Waals surface area contributed by atoms with E-state index in [0.29, 0.717) is 0 Å². The topological polar surface area (TPSA) is 27.1 Å². The van der Waals surface area contributed by atoms with E-state index in [1.54, 1.807) is 7.11 Å². The van der Waals surface area contributed by atoms with Crippen LogP contribution in [0.3, 0.4) is 0 Å². The molecule has 0 aromatic carbocycles. The Balaban J connectivity index is 2.21. The number of aromatic nitrogens is 2. The number of hydrogen-bond donors (Lipinski definition) is 0. The van der Waals surface area contributed by atoms with Crippen LogP contribution in [0.5, 0.6) is 0 Å². The summed E-state index contributed by atoms with van der Waals surface area (Å²) < 4.78 is 8.31. The van der Waals surface area contributed by atoms with E-state index >= 15 is 0 Å². The van der Waals surface area contributed by atoms with Crippen molar-refractivity contribution >= 4 is 15.9 Å². The molecule has 1 heterocycles. The molecule has 3 nitrogen and oxygen atoms in total. The Morgan fingerprint density at radius 2 is 2.46 bits per heavy atom. The van der Waals surface area contributed by atoms with Gasteiger partial charge in [0.15, 0.2) is 0 Å². The largest absolute Gasteiger partial charge is 0.382 e. The van der Waals surface area contributed by atoms with Crippen molar-refractivity contribution in [1.29, 1.82) is 0 Å². The fourth-order valence-corrected chi connectivity index (χ4v) is 2.14. The first-order chi connectivity index (χ1) is 6.27. The second kappa shape index (κ2) is 3.42. The van der Waals surface area contributed by atoms with Crippen molar-refractivity contribution < 1.29 is 4.74 Å². The van der Waals surface area contributed by atoms with Gasteiger partial charge in [0, 0.05) is 13.3 Å². The zero-order chi connectivity index (χ0) is 9.31. The first-order valence-electron chi connectivity index (χ1n) is 4.46. The minimum absolute atomic E-state index is 0.140. The summed E-state index contributed by atoms with van der Waals surface area (Å²) in [5.74, 6) is 0. The van der Waals surface area contributed by atoms with Gasteiger partial charge in [-0.15, -0.1) is 0 Å². The molecule has 1 saturated carbocycles. The molecule has 0 atom stereocenters. The van der Waals surface area contributed by atoms with Gasteiger partial charge in [0.05, 0.1) is 22.8 Å². The van der Waals surface area contributed by atoms with Crippen molar-refractivity contribution in [1.82, 2.24) is 9.78 Å². The first-order valence-corrected chi connectivity index (χ1v) is 5.26. The van der Waals surface area contributed by atoms with E-state index in [1.807, 2.05) is 17.1 Å². The minimum Gasteiger partial charge on any atom is -0.382 e. The van der Waals surface area contributed by atoms with Crippen LogP contribution in [-0.4, -0.2) is 23.5 Å². The van der Waals surface area contributed by atoms with Crippen molar-refractivity contribution in [2.24, 2.45) is 0 Å². The van der Waals surface area contributed by atoms with Crippen LogP contribution in [0.15, 0.2) is 16.9 Å². The number of nitrogens with zero attached hydrogens (tertiary/aromatic N) is 2. The van der Waals surface area contributed by atoms with Crippen molar-refractivity contribution in [2.75, 3.05) is 13.7 Å². The lowest BCUT2D eigenvalue weighted by Crippen LogP contribution is -2.44. The summed E-state index contributed by atoms with van der Waals surface area (Å²) in [5, 5.41) is 4.32. The molecule has 1 aromatic rings. The Kier molecular flexibility index (Phi) is 2.43. The molecule has 72 valence electrons. The Morgan fingerprint density at radius 3 is 2.85 bits per heavy atom. The lowest BCUT2D eigenvalue weighted by molar-refractivity contribution is 0.0180. The van der Waals surface area contributed by atoms with Crippen LogP contribution < -0.4 is 0 Å². The lowest BCUT2D eigenvalue weighted by Gasteiger charge is -2.41. The van der Waals surface area contributed by atoms with Gasteiger partial charge in [-0.05, 0) is 35.2 Å². The van der Waals surface area contributed by atoms with Crippen molar-refractivity contribution in [3.05, 3.63) is 16.9 Å². The molecule has 0 radical (unpaired) electrons. The highest BCUT2D eigenvalue weighted by atomic mass is 79.9. The summed E-state index contributed by atoms with van der Waals surface area (Å²) in [7, 11) is 1.75. The molecule has 0 saturated heterocycles. The van der Waals surface area contributed by atoms with Gasteiger partial charge in [-0.2, -0.15) is 5.10 Å². The Morgan fingerprint density at radius 1 is 1.69 bits per heavy atom. The van der Waals surface area contributed by atoms with Gasteiger partial charge in [0.2, 0.25) is 0 Å². The third-order valence-electron chi connectivity index (χ3n) is 2.73. The van der Waals surface area contributed by atoms with E-state index in [9.17, 15) is 0 Å². The zero-order valence-electron chi connectivity index (χ0n) is 7.66. The summed E-state index contributed by atoms with van der Waals surface area (Å²) in [6.07, 6.45) is 7.48. The van der Waals surface area contributed by atoms with E-state index in [-0.39, 0.29) is 5.54 Å². The summed E-state index contributed by atoms with van der Waals surface area (Å²) in [5.41, 5.74) is 0.140. The maximum Gasteiger partial charge on any atom is 0.0860 e. The number of ether oxygens (including phenoxy) is 1. The SMILES string of the molecule is COCC1(n2cc(Br)cn2)CCC1. The molecule has 4 heteroatoms. The zero-order valence-corrected chi connectivity index (χ0v) is 9.25. The van der Waals surface area contributed by atoms with E-state index in [4.69, 9.17) is 4.74 Å². The monoisotopic (exact) mass is 244 g/mol. The fraction of sp³-hybridized carbons (Fsp3) is 0.667. The van der Waals surface area contributed by atoms with Crippen LogP contribution in [0.4, 0.5) is 0 Å². The third kappa shape index (κ3) is 1.53. The highest BCUT2D eigenvalue weighted by Crippen LogP contribution is 2.39. The van der Waals surface area contributed by atoms with E-state index < -0.39 is 0 Å². The summed E-state index contributed by atoms with van der Waals surface area (Å²) in [6.45, 7) is 0.765. The molecular weight excluding hydrogens is 232 g/mol. The molecule has 1 aromatic heterocycles. The van der Waals surface area contributed by atoms with Crippen LogP contribution in [0.1, 0.15) is 19.3 Å². The highest BCUT2D eigenvalue weighted by molar-refractivity contribution is 9.10. The van der Waals surface area contributed by atoms with Crippen LogP contribution >= 0.6 is 15.9 Å². The van der Waals surface area contributed by atoms with Gasteiger partial charge in [0.25, 0.3) is 0 Å². The van der Waals surface area contributed by atoms with Gasteiger partial charge in [0.1, 0.15) is 0 Å². The highest BCUT2D eigenvalue weighted by Gasteiger charge is 2.39. The van der Waals surface area contributed by atoms with Gasteiger partial charge < -0.3 is 4.74 Å². The van der Waals surface area contributed by atoms with Crippen LogP contribution in [0.25, 0.3) is 0 Å². The van der Waals surface area contributed by atoms with Crippen LogP contribution in [0, 0.1) is 0 Å². The molecule has 1 fully saturated rings. The predicted octanol–water partition coefficient (Wildman–Crippen LogP) is 2.17. The Bertz CT molecular complexity index is 294. The van der Waals surface area contributed by atoms with E-state index in [0.717, 1.165) is 11.1 Å². The number of methoxy groups -OCH3 is 1. The maximum absolute atomic E-state index is 5.24.